The summed E-state index contributed by atoms with van der Waals surface area (Å²) in [5.41, 5.74) is 9.85. The Morgan fingerprint density at radius 3 is 2.48 bits per heavy atom. The van der Waals surface area contributed by atoms with E-state index in [1.807, 2.05) is 31.2 Å². The van der Waals surface area contributed by atoms with Gasteiger partial charge in [-0.2, -0.15) is 0 Å². The molecule has 0 spiro atoms. The average Bonchev–Trinajstić information content (AvgIpc) is 2.83. The highest BCUT2D eigenvalue weighted by Gasteiger charge is 2.33. The van der Waals surface area contributed by atoms with Gasteiger partial charge in [0.15, 0.2) is 0 Å². The summed E-state index contributed by atoms with van der Waals surface area (Å²) in [7, 11) is 1.58. The van der Waals surface area contributed by atoms with Crippen molar-refractivity contribution >= 4 is 17.4 Å². The molecule has 2 aromatic rings. The second kappa shape index (κ2) is 10.7. The molecular formula is C25H34N6O2. The molecule has 2 aliphatic heterocycles. The predicted molar refractivity (Wildman–Crippen MR) is 128 cm³/mol. The van der Waals surface area contributed by atoms with Crippen LogP contribution in [0.4, 0.5) is 5.82 Å². The molecule has 2 aromatic heterocycles. The van der Waals surface area contributed by atoms with Crippen LogP contribution in [0.5, 0.6) is 0 Å². The molecule has 0 saturated carbocycles. The van der Waals surface area contributed by atoms with E-state index in [1.165, 1.54) is 5.56 Å². The third-order valence-electron chi connectivity index (χ3n) is 6.82. The number of oxime groups is 1. The first-order chi connectivity index (χ1) is 16.0. The predicted octanol–water partition coefficient (Wildman–Crippen LogP) is 2.87. The summed E-state index contributed by atoms with van der Waals surface area (Å²) in [5.74, 6) is 1.22. The minimum atomic E-state index is 0.116. The van der Waals surface area contributed by atoms with E-state index in [0.717, 1.165) is 75.4 Å². The first-order valence-corrected chi connectivity index (χ1v) is 11.8. The lowest BCUT2D eigenvalue weighted by Crippen LogP contribution is -2.46. The Hall–Kier alpha value is -3.00. The zero-order chi connectivity index (χ0) is 23.2. The topological polar surface area (TPSA) is 96.9 Å². The van der Waals surface area contributed by atoms with Gasteiger partial charge in [0, 0.05) is 43.9 Å². The quantitative estimate of drug-likeness (QED) is 0.537. The molecule has 0 atom stereocenters. The zero-order valence-electron chi connectivity index (χ0n) is 19.6. The van der Waals surface area contributed by atoms with Crippen LogP contribution in [0.1, 0.15) is 42.5 Å². The summed E-state index contributed by atoms with van der Waals surface area (Å²) in [6, 6.07) is 7.91. The lowest BCUT2D eigenvalue weighted by atomic mass is 9.87. The van der Waals surface area contributed by atoms with E-state index >= 15 is 0 Å². The van der Waals surface area contributed by atoms with Gasteiger partial charge >= 0.3 is 0 Å². The van der Waals surface area contributed by atoms with Crippen molar-refractivity contribution in [3.05, 3.63) is 53.5 Å². The number of hydrogen-bond acceptors (Lipinski definition) is 7. The van der Waals surface area contributed by atoms with Crippen molar-refractivity contribution in [2.24, 2.45) is 17.0 Å². The summed E-state index contributed by atoms with van der Waals surface area (Å²) in [4.78, 5) is 31.4. The maximum Gasteiger partial charge on any atom is 0.225 e. The average molecular weight is 451 g/mol. The molecule has 8 nitrogen and oxygen atoms in total. The normalized spacial score (nSPS) is 19.0. The molecule has 8 heteroatoms. The highest BCUT2D eigenvalue weighted by atomic mass is 16.6. The SMILES string of the molecule is CO/N=C(/c1ncccc1C)C1CCN(C(=O)C2CCN(Cc3ccnc(N)c3)CC2)CC1. The van der Waals surface area contributed by atoms with E-state index in [-0.39, 0.29) is 11.8 Å². The van der Waals surface area contributed by atoms with Crippen LogP contribution in [-0.2, 0) is 16.2 Å². The molecule has 176 valence electrons. The summed E-state index contributed by atoms with van der Waals surface area (Å²) < 4.78 is 0. The van der Waals surface area contributed by atoms with Crippen LogP contribution < -0.4 is 5.73 Å². The van der Waals surface area contributed by atoms with Crippen LogP contribution in [0, 0.1) is 18.8 Å². The number of nitrogens with two attached hydrogens (primary N) is 1. The van der Waals surface area contributed by atoms with Gasteiger partial charge in [0.2, 0.25) is 5.91 Å². The Kier molecular flexibility index (Phi) is 7.54. The Morgan fingerprint density at radius 1 is 1.09 bits per heavy atom. The van der Waals surface area contributed by atoms with Gasteiger partial charge in [-0.05, 0) is 75.0 Å². The van der Waals surface area contributed by atoms with Gasteiger partial charge in [0.05, 0.1) is 5.69 Å². The first-order valence-electron chi connectivity index (χ1n) is 11.8. The number of nitrogens with zero attached hydrogens (tertiary/aromatic N) is 5. The Morgan fingerprint density at radius 2 is 1.82 bits per heavy atom. The second-order valence-corrected chi connectivity index (χ2v) is 9.07. The van der Waals surface area contributed by atoms with Crippen LogP contribution in [-0.4, -0.2) is 64.7 Å². The fourth-order valence-corrected chi connectivity index (χ4v) is 4.98. The molecule has 2 N–H and O–H groups in total. The number of carbonyl (C=O) groups is 1. The Bertz CT molecular complexity index is 978. The van der Waals surface area contributed by atoms with Gasteiger partial charge < -0.3 is 15.5 Å². The maximum atomic E-state index is 13.2. The first kappa shape index (κ1) is 23.2. The second-order valence-electron chi connectivity index (χ2n) is 9.07. The van der Waals surface area contributed by atoms with Gasteiger partial charge in [-0.15, -0.1) is 0 Å². The van der Waals surface area contributed by atoms with E-state index in [9.17, 15) is 4.79 Å². The van der Waals surface area contributed by atoms with Crippen molar-refractivity contribution in [2.45, 2.75) is 39.2 Å². The number of hydrogen-bond donors (Lipinski definition) is 1. The lowest BCUT2D eigenvalue weighted by molar-refractivity contribution is -0.138. The third-order valence-corrected chi connectivity index (χ3v) is 6.82. The number of rotatable bonds is 6. The summed E-state index contributed by atoms with van der Waals surface area (Å²) in [6.45, 7) is 6.27. The largest absolute Gasteiger partial charge is 0.399 e. The maximum absolute atomic E-state index is 13.2. The van der Waals surface area contributed by atoms with Crippen molar-refractivity contribution in [1.82, 2.24) is 19.8 Å². The monoisotopic (exact) mass is 450 g/mol. The van der Waals surface area contributed by atoms with Crippen LogP contribution in [0.15, 0.2) is 41.8 Å². The van der Waals surface area contributed by atoms with Crippen LogP contribution in [0.25, 0.3) is 0 Å². The third kappa shape index (κ3) is 5.68. The number of likely N-dealkylation sites (tertiary alicyclic amines) is 2. The molecule has 1 amide bonds. The lowest BCUT2D eigenvalue weighted by Gasteiger charge is -2.37. The molecular weight excluding hydrogens is 416 g/mol. The molecule has 33 heavy (non-hydrogen) atoms. The van der Waals surface area contributed by atoms with Crippen molar-refractivity contribution in [1.29, 1.82) is 0 Å². The molecule has 2 saturated heterocycles. The standard InChI is InChI=1S/C25H34N6O2/c1-18-4-3-10-28-23(18)24(29-33-2)20-8-14-31(15-9-20)25(32)21-6-12-30(13-7-21)17-19-5-11-27-22(26)16-19/h3-5,10-11,16,20-21H,6-9,12-15,17H2,1-2H3,(H2,26,27)/b29-24+. The van der Waals surface area contributed by atoms with Crippen LogP contribution in [0.3, 0.4) is 0 Å². The van der Waals surface area contributed by atoms with Crippen molar-refractivity contribution in [3.8, 4) is 0 Å². The fourth-order valence-electron chi connectivity index (χ4n) is 4.98. The van der Waals surface area contributed by atoms with Crippen molar-refractivity contribution in [3.63, 3.8) is 0 Å². The fraction of sp³-hybridized carbons (Fsp3) is 0.520. The number of aryl methyl sites for hydroxylation is 1. The molecule has 0 aromatic carbocycles. The summed E-state index contributed by atoms with van der Waals surface area (Å²) in [6.07, 6.45) is 7.12. The van der Waals surface area contributed by atoms with E-state index in [1.54, 1.807) is 19.5 Å². The molecule has 4 heterocycles. The number of anilines is 1. The number of carbonyl (C=O) groups excluding carboxylic acids is 1. The molecule has 0 radical (unpaired) electrons. The molecule has 0 bridgehead atoms. The van der Waals surface area contributed by atoms with Crippen LogP contribution in [0.2, 0.25) is 0 Å². The van der Waals surface area contributed by atoms with Gasteiger partial charge in [-0.1, -0.05) is 11.2 Å². The molecule has 2 fully saturated rings. The number of nitrogen functional groups attached to an aromatic ring is 1. The Balaban J connectivity index is 1.29. The number of aromatic nitrogens is 2. The van der Waals surface area contributed by atoms with E-state index in [2.05, 4.69) is 24.9 Å². The molecule has 2 aliphatic rings. The number of amides is 1. The molecule has 0 aliphatic carbocycles. The van der Waals surface area contributed by atoms with E-state index in [0.29, 0.717) is 11.7 Å². The number of piperidine rings is 2. The minimum Gasteiger partial charge on any atom is -0.399 e. The highest BCUT2D eigenvalue weighted by molar-refractivity contribution is 6.01. The molecule has 4 rings (SSSR count). The van der Waals surface area contributed by atoms with Crippen molar-refractivity contribution < 1.29 is 9.63 Å². The summed E-state index contributed by atoms with van der Waals surface area (Å²) >= 11 is 0. The van der Waals surface area contributed by atoms with Crippen LogP contribution >= 0.6 is 0 Å². The van der Waals surface area contributed by atoms with Gasteiger partial charge in [0.25, 0.3) is 0 Å². The van der Waals surface area contributed by atoms with E-state index < -0.39 is 0 Å². The van der Waals surface area contributed by atoms with Gasteiger partial charge in [-0.25, -0.2) is 4.98 Å². The van der Waals surface area contributed by atoms with Gasteiger partial charge in [-0.3, -0.25) is 14.7 Å². The Labute approximate surface area is 195 Å². The highest BCUT2D eigenvalue weighted by Crippen LogP contribution is 2.27. The van der Waals surface area contributed by atoms with Gasteiger partial charge in [0.1, 0.15) is 18.6 Å². The minimum absolute atomic E-state index is 0.116. The zero-order valence-corrected chi connectivity index (χ0v) is 19.6. The van der Waals surface area contributed by atoms with E-state index in [4.69, 9.17) is 10.6 Å². The summed E-state index contributed by atoms with van der Waals surface area (Å²) in [5, 5.41) is 4.32. The number of pyridine rings is 2. The van der Waals surface area contributed by atoms with Crippen molar-refractivity contribution in [2.75, 3.05) is 39.0 Å². The smallest absolute Gasteiger partial charge is 0.225 e. The molecule has 0 unspecified atom stereocenters.